The zero-order chi connectivity index (χ0) is 21.4. The molecule has 3 aromatic rings. The van der Waals surface area contributed by atoms with E-state index in [1.54, 1.807) is 16.0 Å². The van der Waals surface area contributed by atoms with Gasteiger partial charge in [-0.2, -0.15) is 5.10 Å². The summed E-state index contributed by atoms with van der Waals surface area (Å²) in [5, 5.41) is 6.76. The van der Waals surface area contributed by atoms with Gasteiger partial charge in [-0.05, 0) is 48.2 Å². The molecule has 2 fully saturated rings. The number of anilines is 1. The maximum Gasteiger partial charge on any atom is 0.325 e. The first kappa shape index (κ1) is 19.7. The van der Waals surface area contributed by atoms with E-state index >= 15 is 0 Å². The average molecular weight is 424 g/mol. The molecule has 5 rings (SSSR count). The molecule has 1 spiro atoms. The van der Waals surface area contributed by atoms with Crippen LogP contribution in [0, 0.1) is 11.6 Å². The third kappa shape index (κ3) is 3.67. The molecular formula is C23H22F2N4O2. The molecule has 2 amide bonds. The van der Waals surface area contributed by atoms with Crippen LogP contribution in [-0.2, 0) is 11.3 Å². The van der Waals surface area contributed by atoms with Crippen molar-refractivity contribution in [1.82, 2.24) is 15.1 Å². The topological polar surface area (TPSA) is 61.5 Å². The second kappa shape index (κ2) is 7.77. The molecular weight excluding hydrogens is 402 g/mol. The lowest BCUT2D eigenvalue weighted by Crippen LogP contribution is -2.50. The number of ether oxygens (including phenoxy) is 1. The molecule has 2 saturated heterocycles. The first-order valence-electron chi connectivity index (χ1n) is 10.3. The number of rotatable bonds is 4. The molecule has 31 heavy (non-hydrogen) atoms. The van der Waals surface area contributed by atoms with Gasteiger partial charge in [-0.15, -0.1) is 0 Å². The van der Waals surface area contributed by atoms with E-state index in [2.05, 4.69) is 10.2 Å². The number of carbonyl (C=O) groups is 1. The van der Waals surface area contributed by atoms with E-state index in [0.717, 1.165) is 22.9 Å². The van der Waals surface area contributed by atoms with E-state index < -0.39 is 17.2 Å². The number of nitrogens with one attached hydrogen (secondary N) is 1. The summed E-state index contributed by atoms with van der Waals surface area (Å²) in [7, 11) is 0. The van der Waals surface area contributed by atoms with E-state index in [4.69, 9.17) is 4.74 Å². The quantitative estimate of drug-likeness (QED) is 0.678. The lowest BCUT2D eigenvalue weighted by Gasteiger charge is -2.39. The van der Waals surface area contributed by atoms with Crippen LogP contribution in [0.5, 0.6) is 0 Å². The predicted octanol–water partition coefficient (Wildman–Crippen LogP) is 4.35. The second-order valence-electron chi connectivity index (χ2n) is 8.10. The van der Waals surface area contributed by atoms with Gasteiger partial charge in [-0.3, -0.25) is 10.00 Å². The number of amides is 2. The molecule has 160 valence electrons. The zero-order valence-corrected chi connectivity index (χ0v) is 16.9. The minimum Gasteiger partial charge on any atom is -0.381 e. The average Bonchev–Trinajstić information content (AvgIpc) is 3.38. The number of nitrogens with zero attached hydrogens (tertiary/aromatic N) is 3. The molecule has 1 N–H and O–H groups in total. The van der Waals surface area contributed by atoms with Crippen LogP contribution in [0.4, 0.5) is 19.3 Å². The SMILES string of the molecule is O=C1N(c2ccc(-c3cn[nH]c3)cc2)CC2(CCOCC2)N1Cc1cc(F)cc(F)c1. The fourth-order valence-corrected chi connectivity index (χ4v) is 4.54. The normalized spacial score (nSPS) is 18.2. The van der Waals surface area contributed by atoms with E-state index in [-0.39, 0.29) is 12.6 Å². The highest BCUT2D eigenvalue weighted by Gasteiger charge is 2.50. The van der Waals surface area contributed by atoms with Crippen molar-refractivity contribution in [3.8, 4) is 11.1 Å². The molecule has 0 radical (unpaired) electrons. The summed E-state index contributed by atoms with van der Waals surface area (Å²) in [5.41, 5.74) is 2.76. The Morgan fingerprint density at radius 1 is 1.03 bits per heavy atom. The number of hydrogen-bond acceptors (Lipinski definition) is 3. The van der Waals surface area contributed by atoms with Gasteiger partial charge in [0.05, 0.1) is 18.3 Å². The third-order valence-corrected chi connectivity index (χ3v) is 6.18. The van der Waals surface area contributed by atoms with Gasteiger partial charge in [0.1, 0.15) is 11.6 Å². The molecule has 6 nitrogen and oxygen atoms in total. The summed E-state index contributed by atoms with van der Waals surface area (Å²) in [5.74, 6) is -1.29. The third-order valence-electron chi connectivity index (χ3n) is 6.18. The molecule has 0 atom stereocenters. The fraction of sp³-hybridized carbons (Fsp3) is 0.304. The molecule has 0 saturated carbocycles. The van der Waals surface area contributed by atoms with Gasteiger partial charge in [-0.1, -0.05) is 12.1 Å². The number of hydrogen-bond donors (Lipinski definition) is 1. The molecule has 2 aromatic carbocycles. The Labute approximate surface area is 178 Å². The van der Waals surface area contributed by atoms with Crippen molar-refractivity contribution in [2.45, 2.75) is 24.9 Å². The van der Waals surface area contributed by atoms with E-state index in [1.165, 1.54) is 12.1 Å². The monoisotopic (exact) mass is 424 g/mol. The molecule has 0 unspecified atom stereocenters. The Morgan fingerprint density at radius 3 is 2.39 bits per heavy atom. The van der Waals surface area contributed by atoms with Crippen molar-refractivity contribution in [3.05, 3.63) is 72.1 Å². The van der Waals surface area contributed by atoms with Crippen molar-refractivity contribution in [1.29, 1.82) is 0 Å². The smallest absolute Gasteiger partial charge is 0.325 e. The number of urea groups is 1. The predicted molar refractivity (Wildman–Crippen MR) is 111 cm³/mol. The van der Waals surface area contributed by atoms with Gasteiger partial charge in [0.25, 0.3) is 0 Å². The summed E-state index contributed by atoms with van der Waals surface area (Å²) in [6, 6.07) is 11.0. The Balaban J connectivity index is 1.45. The molecule has 2 aliphatic heterocycles. The zero-order valence-electron chi connectivity index (χ0n) is 16.9. The van der Waals surface area contributed by atoms with Crippen molar-refractivity contribution in [3.63, 3.8) is 0 Å². The summed E-state index contributed by atoms with van der Waals surface area (Å²) >= 11 is 0. The Morgan fingerprint density at radius 2 is 1.74 bits per heavy atom. The van der Waals surface area contributed by atoms with Gasteiger partial charge >= 0.3 is 6.03 Å². The van der Waals surface area contributed by atoms with Crippen LogP contribution in [0.1, 0.15) is 18.4 Å². The van der Waals surface area contributed by atoms with E-state index in [0.29, 0.717) is 38.2 Å². The van der Waals surface area contributed by atoms with E-state index in [1.807, 2.05) is 30.5 Å². The van der Waals surface area contributed by atoms with Crippen LogP contribution >= 0.6 is 0 Å². The Kier molecular flexibility index (Phi) is 4.94. The molecule has 8 heteroatoms. The maximum atomic E-state index is 13.7. The Bertz CT molecular complexity index is 1060. The van der Waals surface area contributed by atoms with Crippen LogP contribution in [0.2, 0.25) is 0 Å². The van der Waals surface area contributed by atoms with Crippen molar-refractivity contribution >= 4 is 11.7 Å². The summed E-state index contributed by atoms with van der Waals surface area (Å²) < 4.78 is 33.0. The summed E-state index contributed by atoms with van der Waals surface area (Å²) in [6.45, 7) is 1.76. The molecule has 3 heterocycles. The van der Waals surface area contributed by atoms with Gasteiger partial charge in [-0.25, -0.2) is 13.6 Å². The number of halogens is 2. The van der Waals surface area contributed by atoms with Crippen LogP contribution in [0.15, 0.2) is 54.9 Å². The lowest BCUT2D eigenvalue weighted by molar-refractivity contribution is 0.00606. The van der Waals surface area contributed by atoms with Gasteiger partial charge in [0.2, 0.25) is 0 Å². The first-order chi connectivity index (χ1) is 15.0. The van der Waals surface area contributed by atoms with Crippen molar-refractivity contribution in [2.75, 3.05) is 24.7 Å². The largest absolute Gasteiger partial charge is 0.381 e. The standard InChI is InChI=1S/C23H22F2N4O2/c24-19-9-16(10-20(25)11-19)14-29-22(30)28(15-23(29)5-7-31-8-6-23)21-3-1-17(2-4-21)18-12-26-27-13-18/h1-4,9-13H,5-8,14-15H2,(H,26,27). The van der Waals surface area contributed by atoms with Crippen molar-refractivity contribution < 1.29 is 18.3 Å². The van der Waals surface area contributed by atoms with Crippen LogP contribution in [0.25, 0.3) is 11.1 Å². The van der Waals surface area contributed by atoms with Crippen LogP contribution in [-0.4, -0.2) is 46.4 Å². The highest BCUT2D eigenvalue weighted by molar-refractivity contribution is 5.95. The summed E-state index contributed by atoms with van der Waals surface area (Å²) in [6.07, 6.45) is 4.92. The number of H-pyrrole nitrogens is 1. The molecule has 0 aliphatic carbocycles. The van der Waals surface area contributed by atoms with Crippen LogP contribution < -0.4 is 4.90 Å². The Hall–Kier alpha value is -3.26. The molecule has 2 aliphatic rings. The van der Waals surface area contributed by atoms with E-state index in [9.17, 15) is 13.6 Å². The van der Waals surface area contributed by atoms with Gasteiger partial charge in [0.15, 0.2) is 0 Å². The highest BCUT2D eigenvalue weighted by atomic mass is 19.1. The molecule has 1 aromatic heterocycles. The number of benzene rings is 2. The van der Waals surface area contributed by atoms with Gasteiger partial charge < -0.3 is 9.64 Å². The lowest BCUT2D eigenvalue weighted by atomic mass is 9.89. The number of aromatic nitrogens is 2. The maximum absolute atomic E-state index is 13.7. The fourth-order valence-electron chi connectivity index (χ4n) is 4.54. The van der Waals surface area contributed by atoms with Crippen LogP contribution in [0.3, 0.4) is 0 Å². The first-order valence-corrected chi connectivity index (χ1v) is 10.3. The summed E-state index contributed by atoms with van der Waals surface area (Å²) in [4.78, 5) is 17.0. The van der Waals surface area contributed by atoms with Gasteiger partial charge in [0, 0.05) is 43.3 Å². The highest BCUT2D eigenvalue weighted by Crippen LogP contribution is 2.39. The minimum absolute atomic E-state index is 0.150. The van der Waals surface area contributed by atoms with Crippen molar-refractivity contribution in [2.24, 2.45) is 0 Å². The minimum atomic E-state index is -0.644. The number of aromatic amines is 1. The molecule has 0 bridgehead atoms. The second-order valence-corrected chi connectivity index (χ2v) is 8.10. The number of carbonyl (C=O) groups excluding carboxylic acids is 1.